The van der Waals surface area contributed by atoms with Gasteiger partial charge in [0.1, 0.15) is 17.3 Å². The molecule has 0 aliphatic carbocycles. The molecule has 1 aliphatic rings. The molecule has 1 aromatic heterocycles. The van der Waals surface area contributed by atoms with Crippen molar-refractivity contribution in [2.24, 2.45) is 0 Å². The first kappa shape index (κ1) is 17.8. The maximum absolute atomic E-state index is 12.8. The van der Waals surface area contributed by atoms with E-state index >= 15 is 0 Å². The molecule has 7 heteroatoms. The van der Waals surface area contributed by atoms with Crippen LogP contribution in [0.25, 0.3) is 0 Å². The number of piperazine rings is 1. The number of amides is 2. The van der Waals surface area contributed by atoms with Crippen LogP contribution < -0.4 is 5.32 Å². The van der Waals surface area contributed by atoms with Crippen LogP contribution in [0.3, 0.4) is 0 Å². The first-order chi connectivity index (χ1) is 12.4. The SMILES string of the molecule is CC(=O)N1CCN(C(=O)c2cc(Nc3cccc(C)c3)nc(C)n2)CC1. The molecule has 0 spiro atoms. The van der Waals surface area contributed by atoms with Crippen molar-refractivity contribution in [3.63, 3.8) is 0 Å². The van der Waals surface area contributed by atoms with Gasteiger partial charge < -0.3 is 15.1 Å². The topological polar surface area (TPSA) is 78.4 Å². The van der Waals surface area contributed by atoms with Crippen LogP contribution in [0.1, 0.15) is 28.8 Å². The van der Waals surface area contributed by atoms with E-state index in [0.29, 0.717) is 43.5 Å². The molecule has 1 aliphatic heterocycles. The first-order valence-electron chi connectivity index (χ1n) is 8.66. The van der Waals surface area contributed by atoms with E-state index in [1.807, 2.05) is 31.2 Å². The molecule has 3 rings (SSSR count). The molecule has 26 heavy (non-hydrogen) atoms. The summed E-state index contributed by atoms with van der Waals surface area (Å²) in [5.41, 5.74) is 2.42. The van der Waals surface area contributed by atoms with Crippen molar-refractivity contribution in [3.05, 3.63) is 47.4 Å². The number of nitrogens with one attached hydrogen (secondary N) is 1. The van der Waals surface area contributed by atoms with E-state index < -0.39 is 0 Å². The second-order valence-corrected chi connectivity index (χ2v) is 6.48. The van der Waals surface area contributed by atoms with Crippen LogP contribution in [-0.2, 0) is 4.79 Å². The van der Waals surface area contributed by atoms with Crippen molar-refractivity contribution >= 4 is 23.3 Å². The van der Waals surface area contributed by atoms with Gasteiger partial charge in [0, 0.05) is 44.9 Å². The van der Waals surface area contributed by atoms with Gasteiger partial charge in [-0.2, -0.15) is 0 Å². The van der Waals surface area contributed by atoms with Crippen LogP contribution in [0.2, 0.25) is 0 Å². The predicted molar refractivity (Wildman–Crippen MR) is 99.4 cm³/mol. The number of anilines is 2. The van der Waals surface area contributed by atoms with Crippen LogP contribution >= 0.6 is 0 Å². The highest BCUT2D eigenvalue weighted by Gasteiger charge is 2.24. The normalized spacial score (nSPS) is 14.3. The molecule has 2 heterocycles. The number of benzene rings is 1. The lowest BCUT2D eigenvalue weighted by Crippen LogP contribution is -2.50. The van der Waals surface area contributed by atoms with Crippen molar-refractivity contribution in [2.75, 3.05) is 31.5 Å². The fourth-order valence-electron chi connectivity index (χ4n) is 3.00. The molecule has 0 saturated carbocycles. The average molecular weight is 353 g/mol. The van der Waals surface area contributed by atoms with Crippen molar-refractivity contribution in [1.29, 1.82) is 0 Å². The number of aryl methyl sites for hydroxylation is 2. The second kappa shape index (κ2) is 7.51. The highest BCUT2D eigenvalue weighted by molar-refractivity contribution is 5.93. The van der Waals surface area contributed by atoms with Gasteiger partial charge in [-0.15, -0.1) is 0 Å². The lowest BCUT2D eigenvalue weighted by molar-refractivity contribution is -0.130. The summed E-state index contributed by atoms with van der Waals surface area (Å²) in [6.45, 7) is 7.48. The molecule has 1 N–H and O–H groups in total. The monoisotopic (exact) mass is 353 g/mol. The number of carbonyl (C=O) groups is 2. The molecule has 2 amide bonds. The summed E-state index contributed by atoms with van der Waals surface area (Å²) < 4.78 is 0. The van der Waals surface area contributed by atoms with E-state index in [9.17, 15) is 9.59 Å². The van der Waals surface area contributed by atoms with Gasteiger partial charge in [0.2, 0.25) is 5.91 Å². The summed E-state index contributed by atoms with van der Waals surface area (Å²) in [6, 6.07) is 9.63. The number of nitrogens with zero attached hydrogens (tertiary/aromatic N) is 4. The van der Waals surface area contributed by atoms with Crippen molar-refractivity contribution in [3.8, 4) is 0 Å². The van der Waals surface area contributed by atoms with Crippen LogP contribution in [0.4, 0.5) is 11.5 Å². The lowest BCUT2D eigenvalue weighted by atomic mass is 10.2. The summed E-state index contributed by atoms with van der Waals surface area (Å²) >= 11 is 0. The highest BCUT2D eigenvalue weighted by atomic mass is 16.2. The Morgan fingerprint density at radius 2 is 1.69 bits per heavy atom. The van der Waals surface area contributed by atoms with Crippen molar-refractivity contribution in [2.45, 2.75) is 20.8 Å². The summed E-state index contributed by atoms with van der Waals surface area (Å²) in [4.78, 5) is 36.4. The molecule has 1 fully saturated rings. The van der Waals surface area contributed by atoms with Crippen LogP contribution in [0.5, 0.6) is 0 Å². The van der Waals surface area contributed by atoms with Crippen LogP contribution in [0.15, 0.2) is 30.3 Å². The van der Waals surface area contributed by atoms with E-state index in [2.05, 4.69) is 15.3 Å². The van der Waals surface area contributed by atoms with Crippen molar-refractivity contribution in [1.82, 2.24) is 19.8 Å². The van der Waals surface area contributed by atoms with E-state index in [1.54, 1.807) is 29.7 Å². The standard InChI is InChI=1S/C19H23N5O2/c1-13-5-4-6-16(11-13)22-18-12-17(20-14(2)21-18)19(26)24-9-7-23(8-10-24)15(3)25/h4-6,11-12H,7-10H2,1-3H3,(H,20,21,22). The quantitative estimate of drug-likeness (QED) is 0.915. The number of aromatic nitrogens is 2. The molecule has 0 unspecified atom stereocenters. The molecule has 0 radical (unpaired) electrons. The number of rotatable bonds is 3. The highest BCUT2D eigenvalue weighted by Crippen LogP contribution is 2.18. The maximum Gasteiger partial charge on any atom is 0.272 e. The summed E-state index contributed by atoms with van der Waals surface area (Å²) in [7, 11) is 0. The van der Waals surface area contributed by atoms with Gasteiger partial charge in [0.05, 0.1) is 0 Å². The Balaban J connectivity index is 1.75. The first-order valence-corrected chi connectivity index (χ1v) is 8.66. The Bertz CT molecular complexity index is 828. The minimum atomic E-state index is -0.133. The third kappa shape index (κ3) is 4.17. The minimum absolute atomic E-state index is 0.0413. The molecule has 1 saturated heterocycles. The maximum atomic E-state index is 12.8. The van der Waals surface area contributed by atoms with Gasteiger partial charge in [-0.05, 0) is 31.5 Å². The largest absolute Gasteiger partial charge is 0.340 e. The zero-order valence-electron chi connectivity index (χ0n) is 15.3. The molecule has 0 atom stereocenters. The molecular formula is C19H23N5O2. The minimum Gasteiger partial charge on any atom is -0.340 e. The second-order valence-electron chi connectivity index (χ2n) is 6.48. The van der Waals surface area contributed by atoms with E-state index in [1.165, 1.54) is 0 Å². The molecule has 2 aromatic rings. The number of hydrogen-bond donors (Lipinski definition) is 1. The van der Waals surface area contributed by atoms with Crippen LogP contribution in [0, 0.1) is 13.8 Å². The molecule has 7 nitrogen and oxygen atoms in total. The Labute approximate surface area is 153 Å². The summed E-state index contributed by atoms with van der Waals surface area (Å²) in [6.07, 6.45) is 0. The van der Waals surface area contributed by atoms with E-state index in [0.717, 1.165) is 11.3 Å². The Kier molecular flexibility index (Phi) is 5.16. The van der Waals surface area contributed by atoms with Gasteiger partial charge in [-0.1, -0.05) is 12.1 Å². The third-order valence-corrected chi connectivity index (χ3v) is 4.36. The molecular weight excluding hydrogens is 330 g/mol. The van der Waals surface area contributed by atoms with Gasteiger partial charge in [-0.3, -0.25) is 9.59 Å². The van der Waals surface area contributed by atoms with E-state index in [-0.39, 0.29) is 11.8 Å². The van der Waals surface area contributed by atoms with Gasteiger partial charge in [0.15, 0.2) is 0 Å². The fourth-order valence-corrected chi connectivity index (χ4v) is 3.00. The molecule has 1 aromatic carbocycles. The number of carbonyl (C=O) groups excluding carboxylic acids is 2. The Morgan fingerprint density at radius 1 is 1.00 bits per heavy atom. The smallest absolute Gasteiger partial charge is 0.272 e. The predicted octanol–water partition coefficient (Wildman–Crippen LogP) is 2.14. The zero-order valence-corrected chi connectivity index (χ0v) is 15.3. The third-order valence-electron chi connectivity index (χ3n) is 4.36. The lowest BCUT2D eigenvalue weighted by Gasteiger charge is -2.34. The van der Waals surface area contributed by atoms with Crippen LogP contribution in [-0.4, -0.2) is 57.8 Å². The van der Waals surface area contributed by atoms with Gasteiger partial charge in [0.25, 0.3) is 5.91 Å². The Hall–Kier alpha value is -2.96. The molecule has 0 bridgehead atoms. The van der Waals surface area contributed by atoms with Crippen molar-refractivity contribution < 1.29 is 9.59 Å². The summed E-state index contributed by atoms with van der Waals surface area (Å²) in [5, 5.41) is 3.23. The molecule has 136 valence electrons. The number of hydrogen-bond acceptors (Lipinski definition) is 5. The summed E-state index contributed by atoms with van der Waals surface area (Å²) in [5.74, 6) is 1.04. The fraction of sp³-hybridized carbons (Fsp3) is 0.368. The Morgan fingerprint density at radius 3 is 2.35 bits per heavy atom. The van der Waals surface area contributed by atoms with Gasteiger partial charge in [-0.25, -0.2) is 9.97 Å². The average Bonchev–Trinajstić information content (AvgIpc) is 2.60. The van der Waals surface area contributed by atoms with E-state index in [4.69, 9.17) is 0 Å². The zero-order chi connectivity index (χ0) is 18.7. The van der Waals surface area contributed by atoms with Gasteiger partial charge >= 0.3 is 0 Å².